The van der Waals surface area contributed by atoms with Gasteiger partial charge in [-0.25, -0.2) is 4.79 Å². The minimum Gasteiger partial charge on any atom is -0.374 e. The van der Waals surface area contributed by atoms with Crippen molar-refractivity contribution in [3.63, 3.8) is 0 Å². The zero-order valence-corrected chi connectivity index (χ0v) is 13.6. The number of ether oxygens (including phenoxy) is 1. The van der Waals surface area contributed by atoms with Crippen molar-refractivity contribution in [3.8, 4) is 0 Å². The Labute approximate surface area is 141 Å². The summed E-state index contributed by atoms with van der Waals surface area (Å²) in [7, 11) is 0. The second-order valence-corrected chi connectivity index (χ2v) is 5.86. The van der Waals surface area contributed by atoms with Gasteiger partial charge in [-0.2, -0.15) is 5.10 Å². The summed E-state index contributed by atoms with van der Waals surface area (Å²) >= 11 is 0. The molecule has 2 heterocycles. The Balaban J connectivity index is 1.38. The molecule has 1 aliphatic rings. The third kappa shape index (κ3) is 5.07. The third-order valence-corrected chi connectivity index (χ3v) is 3.96. The maximum Gasteiger partial charge on any atom is 0.315 e. The number of hydrogen-bond acceptors (Lipinski definition) is 4. The van der Waals surface area contributed by atoms with Crippen LogP contribution in [0.4, 0.5) is 4.79 Å². The van der Waals surface area contributed by atoms with Gasteiger partial charge in [0.2, 0.25) is 0 Å². The summed E-state index contributed by atoms with van der Waals surface area (Å²) in [5, 5.41) is 12.3. The Bertz CT molecular complexity index is 617. The van der Waals surface area contributed by atoms with Gasteiger partial charge in [0.05, 0.1) is 24.9 Å². The molecule has 1 aromatic carbocycles. The van der Waals surface area contributed by atoms with Crippen molar-refractivity contribution >= 4 is 6.03 Å². The molecule has 2 aromatic rings. The number of carbonyl (C=O) groups is 1. The Hall–Kier alpha value is -2.38. The van der Waals surface area contributed by atoms with Crippen LogP contribution in [-0.4, -0.2) is 53.5 Å². The smallest absolute Gasteiger partial charge is 0.315 e. The predicted octanol–water partition coefficient (Wildman–Crippen LogP) is 1.11. The summed E-state index contributed by atoms with van der Waals surface area (Å²) in [4.78, 5) is 14.2. The van der Waals surface area contributed by atoms with Gasteiger partial charge in [-0.1, -0.05) is 30.3 Å². The van der Waals surface area contributed by atoms with Gasteiger partial charge in [-0.05, 0) is 11.6 Å². The number of morpholine rings is 1. The topological polar surface area (TPSA) is 82.3 Å². The van der Waals surface area contributed by atoms with E-state index >= 15 is 0 Å². The molecule has 0 radical (unpaired) electrons. The molecular formula is C17H23N5O2. The molecule has 1 atom stereocenters. The van der Waals surface area contributed by atoms with Gasteiger partial charge in [-0.15, -0.1) is 0 Å². The molecule has 1 aromatic heterocycles. The number of aromatic amines is 1. The van der Waals surface area contributed by atoms with Gasteiger partial charge in [-0.3, -0.25) is 10.00 Å². The number of urea groups is 1. The molecule has 2 amide bonds. The standard InChI is InChI=1S/C17H23N5O2/c23-17(18-10-15-6-7-20-21-15)19-11-16-13-22(8-9-24-16)12-14-4-2-1-3-5-14/h1-7,16H,8-13H2,(H,20,21)(H2,18,19,23). The molecule has 1 fully saturated rings. The molecule has 0 spiro atoms. The van der Waals surface area contributed by atoms with Gasteiger partial charge in [0.15, 0.2) is 0 Å². The van der Waals surface area contributed by atoms with Crippen LogP contribution in [0.1, 0.15) is 11.3 Å². The molecule has 0 bridgehead atoms. The third-order valence-electron chi connectivity index (χ3n) is 3.96. The van der Waals surface area contributed by atoms with Gasteiger partial charge < -0.3 is 15.4 Å². The highest BCUT2D eigenvalue weighted by atomic mass is 16.5. The first-order valence-electron chi connectivity index (χ1n) is 8.17. The Morgan fingerprint density at radius 1 is 1.29 bits per heavy atom. The molecule has 3 N–H and O–H groups in total. The van der Waals surface area contributed by atoms with Crippen molar-refractivity contribution < 1.29 is 9.53 Å². The average molecular weight is 329 g/mol. The maximum absolute atomic E-state index is 11.8. The first-order chi connectivity index (χ1) is 11.8. The van der Waals surface area contributed by atoms with Crippen LogP contribution in [0.5, 0.6) is 0 Å². The molecule has 128 valence electrons. The molecule has 7 nitrogen and oxygen atoms in total. The number of rotatable bonds is 6. The second-order valence-electron chi connectivity index (χ2n) is 5.86. The normalized spacial score (nSPS) is 18.2. The summed E-state index contributed by atoms with van der Waals surface area (Å²) in [6, 6.07) is 12.0. The number of nitrogens with one attached hydrogen (secondary N) is 3. The van der Waals surface area contributed by atoms with Crippen LogP contribution in [0.25, 0.3) is 0 Å². The fourth-order valence-corrected chi connectivity index (χ4v) is 2.72. The van der Waals surface area contributed by atoms with E-state index in [2.05, 4.69) is 50.0 Å². The summed E-state index contributed by atoms with van der Waals surface area (Å²) < 4.78 is 5.75. The van der Waals surface area contributed by atoms with E-state index in [0.717, 1.165) is 25.3 Å². The molecule has 3 rings (SSSR count). The Morgan fingerprint density at radius 3 is 2.96 bits per heavy atom. The van der Waals surface area contributed by atoms with Gasteiger partial charge in [0.1, 0.15) is 0 Å². The zero-order chi connectivity index (χ0) is 16.6. The van der Waals surface area contributed by atoms with Crippen molar-refractivity contribution in [2.75, 3.05) is 26.2 Å². The van der Waals surface area contributed by atoms with Gasteiger partial charge in [0, 0.05) is 32.4 Å². The van der Waals surface area contributed by atoms with Gasteiger partial charge in [0.25, 0.3) is 0 Å². The quantitative estimate of drug-likeness (QED) is 0.741. The lowest BCUT2D eigenvalue weighted by Gasteiger charge is -2.33. The SMILES string of the molecule is O=C(NCc1ccn[nH]1)NCC1CN(Cc2ccccc2)CCO1. The first kappa shape index (κ1) is 16.5. The predicted molar refractivity (Wildman–Crippen MR) is 90.3 cm³/mol. The Morgan fingerprint density at radius 2 is 2.17 bits per heavy atom. The minimum atomic E-state index is -0.201. The molecule has 7 heteroatoms. The van der Waals surface area contributed by atoms with Gasteiger partial charge >= 0.3 is 6.03 Å². The monoisotopic (exact) mass is 329 g/mol. The number of amides is 2. The highest BCUT2D eigenvalue weighted by Gasteiger charge is 2.20. The maximum atomic E-state index is 11.8. The van der Waals surface area contributed by atoms with Crippen molar-refractivity contribution in [3.05, 3.63) is 53.9 Å². The first-order valence-corrected chi connectivity index (χ1v) is 8.17. The van der Waals surface area contributed by atoms with Crippen molar-refractivity contribution in [1.82, 2.24) is 25.7 Å². The van der Waals surface area contributed by atoms with E-state index in [9.17, 15) is 4.79 Å². The molecule has 24 heavy (non-hydrogen) atoms. The Kier molecular flexibility index (Phi) is 5.81. The number of benzene rings is 1. The van der Waals surface area contributed by atoms with Crippen molar-refractivity contribution in [1.29, 1.82) is 0 Å². The summed E-state index contributed by atoms with van der Waals surface area (Å²) in [6.07, 6.45) is 1.67. The van der Waals surface area contributed by atoms with Crippen LogP contribution in [0.3, 0.4) is 0 Å². The van der Waals surface area contributed by atoms with E-state index in [1.54, 1.807) is 6.20 Å². The lowest BCUT2D eigenvalue weighted by Crippen LogP contribution is -2.48. The number of aromatic nitrogens is 2. The van der Waals surface area contributed by atoms with Crippen LogP contribution in [0, 0.1) is 0 Å². The molecular weight excluding hydrogens is 306 g/mol. The lowest BCUT2D eigenvalue weighted by atomic mass is 10.2. The zero-order valence-electron chi connectivity index (χ0n) is 13.6. The van der Waals surface area contributed by atoms with E-state index < -0.39 is 0 Å². The highest BCUT2D eigenvalue weighted by Crippen LogP contribution is 2.10. The fourth-order valence-electron chi connectivity index (χ4n) is 2.72. The molecule has 0 aliphatic carbocycles. The molecule has 0 saturated carbocycles. The van der Waals surface area contributed by atoms with Crippen LogP contribution in [-0.2, 0) is 17.8 Å². The van der Waals surface area contributed by atoms with E-state index in [1.807, 2.05) is 12.1 Å². The van der Waals surface area contributed by atoms with Crippen LogP contribution in [0.15, 0.2) is 42.6 Å². The fraction of sp³-hybridized carbons (Fsp3) is 0.412. The molecule has 1 saturated heterocycles. The van der Waals surface area contributed by atoms with E-state index in [0.29, 0.717) is 19.7 Å². The van der Waals surface area contributed by atoms with E-state index in [1.165, 1.54) is 5.56 Å². The summed E-state index contributed by atoms with van der Waals surface area (Å²) in [6.45, 7) is 4.26. The van der Waals surface area contributed by atoms with Crippen LogP contribution < -0.4 is 10.6 Å². The highest BCUT2D eigenvalue weighted by molar-refractivity contribution is 5.73. The summed E-state index contributed by atoms with van der Waals surface area (Å²) in [5.41, 5.74) is 2.16. The van der Waals surface area contributed by atoms with Crippen LogP contribution >= 0.6 is 0 Å². The molecule has 1 unspecified atom stereocenters. The second kappa shape index (κ2) is 8.47. The number of carbonyl (C=O) groups excluding carboxylic acids is 1. The van der Waals surface area contributed by atoms with Crippen molar-refractivity contribution in [2.24, 2.45) is 0 Å². The van der Waals surface area contributed by atoms with E-state index in [4.69, 9.17) is 4.74 Å². The number of nitrogens with zero attached hydrogens (tertiary/aromatic N) is 2. The van der Waals surface area contributed by atoms with Crippen molar-refractivity contribution in [2.45, 2.75) is 19.2 Å². The molecule has 1 aliphatic heterocycles. The van der Waals surface area contributed by atoms with Crippen LogP contribution in [0.2, 0.25) is 0 Å². The number of hydrogen-bond donors (Lipinski definition) is 3. The van der Waals surface area contributed by atoms with E-state index in [-0.39, 0.29) is 12.1 Å². The largest absolute Gasteiger partial charge is 0.374 e. The minimum absolute atomic E-state index is 0.0142. The summed E-state index contributed by atoms with van der Waals surface area (Å²) in [5.74, 6) is 0. The number of H-pyrrole nitrogens is 1. The lowest BCUT2D eigenvalue weighted by molar-refractivity contribution is -0.0287. The average Bonchev–Trinajstić information content (AvgIpc) is 3.13.